The van der Waals surface area contributed by atoms with Crippen LogP contribution in [0.2, 0.25) is 0 Å². The zero-order chi connectivity index (χ0) is 19.9. The minimum atomic E-state index is 0. The third-order valence-corrected chi connectivity index (χ3v) is 5.77. The Morgan fingerprint density at radius 2 is 2.21 bits per heavy atom. The van der Waals surface area contributed by atoms with Crippen LogP contribution >= 0.6 is 35.3 Å². The van der Waals surface area contributed by atoms with Gasteiger partial charge in [0.1, 0.15) is 6.07 Å². The smallest absolute Gasteiger partial charge is 0.191 e. The van der Waals surface area contributed by atoms with Crippen molar-refractivity contribution >= 4 is 52.1 Å². The minimum absolute atomic E-state index is 0. The molecule has 1 aromatic carbocycles. The summed E-state index contributed by atoms with van der Waals surface area (Å²) in [6.45, 7) is 2.45. The van der Waals surface area contributed by atoms with Gasteiger partial charge in [0.15, 0.2) is 11.1 Å². The summed E-state index contributed by atoms with van der Waals surface area (Å²) in [4.78, 5) is 13.3. The molecule has 0 radical (unpaired) electrons. The van der Waals surface area contributed by atoms with Crippen LogP contribution < -0.4 is 20.4 Å². The number of hydrogen-bond acceptors (Lipinski definition) is 6. The number of nitriles is 1. The molecule has 2 N–H and O–H groups in total. The van der Waals surface area contributed by atoms with Crippen molar-refractivity contribution in [2.45, 2.75) is 25.4 Å². The highest BCUT2D eigenvalue weighted by atomic mass is 127. The van der Waals surface area contributed by atoms with Crippen molar-refractivity contribution in [2.75, 3.05) is 44.0 Å². The molecular weight excluding hydrogens is 497 g/mol. The molecule has 2 aromatic rings. The molecule has 0 bridgehead atoms. The van der Waals surface area contributed by atoms with E-state index in [2.05, 4.69) is 37.0 Å². The third kappa shape index (κ3) is 6.21. The number of rotatable bonds is 5. The average molecular weight is 525 g/mol. The fourth-order valence-corrected chi connectivity index (χ4v) is 4.06. The second-order valence-electron chi connectivity index (χ2n) is 7.00. The van der Waals surface area contributed by atoms with Crippen molar-refractivity contribution in [2.24, 2.45) is 4.99 Å². The van der Waals surface area contributed by atoms with Crippen molar-refractivity contribution in [3.05, 3.63) is 40.9 Å². The van der Waals surface area contributed by atoms with Crippen LogP contribution in [-0.2, 0) is 6.54 Å². The quantitative estimate of drug-likeness (QED) is 0.355. The van der Waals surface area contributed by atoms with E-state index >= 15 is 0 Å². The predicted molar refractivity (Wildman–Crippen MR) is 132 cm³/mol. The fourth-order valence-electron chi connectivity index (χ4n) is 3.30. The molecule has 0 amide bonds. The van der Waals surface area contributed by atoms with Gasteiger partial charge in [-0.1, -0.05) is 12.1 Å². The van der Waals surface area contributed by atoms with Crippen molar-refractivity contribution in [3.8, 4) is 6.07 Å². The van der Waals surface area contributed by atoms with E-state index in [0.717, 1.165) is 54.0 Å². The van der Waals surface area contributed by atoms with Gasteiger partial charge in [0, 0.05) is 45.7 Å². The molecule has 0 spiro atoms. The molecule has 0 saturated carbocycles. The molecule has 1 saturated heterocycles. The Bertz CT molecular complexity index is 859. The Balaban J connectivity index is 0.00000300. The molecular formula is C20H28IN7S. The Morgan fingerprint density at radius 1 is 1.41 bits per heavy atom. The lowest BCUT2D eigenvalue weighted by molar-refractivity contribution is 0.467. The number of thiazole rings is 1. The van der Waals surface area contributed by atoms with E-state index in [-0.39, 0.29) is 30.0 Å². The van der Waals surface area contributed by atoms with Crippen LogP contribution in [0.3, 0.4) is 0 Å². The summed E-state index contributed by atoms with van der Waals surface area (Å²) >= 11 is 1.64. The van der Waals surface area contributed by atoms with Gasteiger partial charge in [0.2, 0.25) is 0 Å². The largest absolute Gasteiger partial charge is 0.368 e. The molecule has 1 aliphatic heterocycles. The van der Waals surface area contributed by atoms with Gasteiger partial charge in [-0.25, -0.2) is 4.98 Å². The number of hydrogen-bond donors (Lipinski definition) is 2. The van der Waals surface area contributed by atoms with Gasteiger partial charge >= 0.3 is 0 Å². The van der Waals surface area contributed by atoms with Crippen LogP contribution in [0, 0.1) is 11.3 Å². The van der Waals surface area contributed by atoms with Gasteiger partial charge in [0.25, 0.3) is 0 Å². The molecule has 1 aliphatic rings. The highest BCUT2D eigenvalue weighted by molar-refractivity contribution is 14.0. The average Bonchev–Trinajstić information content (AvgIpc) is 3.20. The van der Waals surface area contributed by atoms with Crippen molar-refractivity contribution < 1.29 is 0 Å². The summed E-state index contributed by atoms with van der Waals surface area (Å²) in [6, 6.07) is 10.4. The zero-order valence-corrected chi connectivity index (χ0v) is 20.2. The van der Waals surface area contributed by atoms with Crippen LogP contribution in [0.5, 0.6) is 0 Å². The summed E-state index contributed by atoms with van der Waals surface area (Å²) in [7, 11) is 5.78. The number of piperidine rings is 1. The molecule has 1 aromatic heterocycles. The lowest BCUT2D eigenvalue weighted by Crippen LogP contribution is -2.51. The van der Waals surface area contributed by atoms with Gasteiger partial charge in [-0.05, 0) is 25.0 Å². The maximum Gasteiger partial charge on any atom is 0.191 e. The molecule has 156 valence electrons. The van der Waals surface area contributed by atoms with Crippen LogP contribution in [0.1, 0.15) is 24.1 Å². The van der Waals surface area contributed by atoms with Crippen LogP contribution in [-0.4, -0.2) is 51.2 Å². The van der Waals surface area contributed by atoms with E-state index in [0.29, 0.717) is 6.54 Å². The molecule has 7 nitrogen and oxygen atoms in total. The molecule has 0 aliphatic carbocycles. The molecule has 1 atom stereocenters. The Hall–Kier alpha value is -2.06. The SMILES string of the molecule is CN=C(NCc1csc(N(C)C)n1)NC1CCCN(c2ccccc2C#N)C1.I. The third-order valence-electron chi connectivity index (χ3n) is 4.71. The first-order valence-electron chi connectivity index (χ1n) is 9.43. The topological polar surface area (TPSA) is 79.6 Å². The van der Waals surface area contributed by atoms with Crippen molar-refractivity contribution in [3.63, 3.8) is 0 Å². The van der Waals surface area contributed by atoms with Crippen molar-refractivity contribution in [1.29, 1.82) is 5.26 Å². The summed E-state index contributed by atoms with van der Waals surface area (Å²) < 4.78 is 0. The van der Waals surface area contributed by atoms with E-state index in [1.54, 1.807) is 18.4 Å². The normalized spacial score (nSPS) is 16.6. The first-order chi connectivity index (χ1) is 13.6. The number of halogens is 1. The van der Waals surface area contributed by atoms with Crippen molar-refractivity contribution in [1.82, 2.24) is 15.6 Å². The van der Waals surface area contributed by atoms with Gasteiger partial charge in [-0.15, -0.1) is 35.3 Å². The van der Waals surface area contributed by atoms with E-state index in [1.165, 1.54) is 0 Å². The fraction of sp³-hybridized carbons (Fsp3) is 0.450. The number of aliphatic imine (C=N–C) groups is 1. The number of anilines is 2. The molecule has 1 unspecified atom stereocenters. The molecule has 1 fully saturated rings. The van der Waals surface area contributed by atoms with Gasteiger partial charge in [-0.3, -0.25) is 4.99 Å². The molecule has 2 heterocycles. The van der Waals surface area contributed by atoms with Crippen LogP contribution in [0.25, 0.3) is 0 Å². The Morgan fingerprint density at radius 3 is 2.90 bits per heavy atom. The number of nitrogens with one attached hydrogen (secondary N) is 2. The maximum atomic E-state index is 9.38. The van der Waals surface area contributed by atoms with E-state index in [1.807, 2.05) is 43.3 Å². The summed E-state index contributed by atoms with van der Waals surface area (Å²) in [5, 5.41) is 19.3. The lowest BCUT2D eigenvalue weighted by atomic mass is 10.0. The van der Waals surface area contributed by atoms with Gasteiger partial charge < -0.3 is 20.4 Å². The maximum absolute atomic E-state index is 9.38. The second-order valence-corrected chi connectivity index (χ2v) is 7.84. The summed E-state index contributed by atoms with van der Waals surface area (Å²) in [5.74, 6) is 0.778. The standard InChI is InChI=1S/C20H27N7S.HI/c1-22-19(23-12-17-14-28-20(25-17)26(2)3)24-16-8-6-10-27(13-16)18-9-5-4-7-15(18)11-21;/h4-5,7,9,14,16H,6,8,10,12-13H2,1-3H3,(H2,22,23,24);1H. The van der Waals surface area contributed by atoms with Gasteiger partial charge in [-0.2, -0.15) is 5.26 Å². The summed E-state index contributed by atoms with van der Waals surface area (Å²) in [5.41, 5.74) is 2.74. The van der Waals surface area contributed by atoms with Crippen LogP contribution in [0.15, 0.2) is 34.6 Å². The number of aromatic nitrogens is 1. The minimum Gasteiger partial charge on any atom is -0.368 e. The summed E-state index contributed by atoms with van der Waals surface area (Å²) in [6.07, 6.45) is 2.15. The van der Waals surface area contributed by atoms with Gasteiger partial charge in [0.05, 0.1) is 23.5 Å². The highest BCUT2D eigenvalue weighted by Crippen LogP contribution is 2.23. The number of para-hydroxylation sites is 1. The van der Waals surface area contributed by atoms with E-state index in [9.17, 15) is 5.26 Å². The Labute approximate surface area is 193 Å². The van der Waals surface area contributed by atoms with E-state index in [4.69, 9.17) is 0 Å². The number of benzene rings is 1. The molecule has 29 heavy (non-hydrogen) atoms. The zero-order valence-electron chi connectivity index (χ0n) is 17.1. The van der Waals surface area contributed by atoms with E-state index < -0.39 is 0 Å². The predicted octanol–water partition coefficient (Wildman–Crippen LogP) is 3.03. The highest BCUT2D eigenvalue weighted by Gasteiger charge is 2.22. The second kappa shape index (κ2) is 11.2. The first kappa shape index (κ1) is 23.2. The number of nitrogens with zero attached hydrogens (tertiary/aromatic N) is 5. The van der Waals surface area contributed by atoms with Crippen LogP contribution in [0.4, 0.5) is 10.8 Å². The number of guanidine groups is 1. The molecule has 9 heteroatoms. The Kier molecular flexibility index (Phi) is 8.98. The molecule has 3 rings (SSSR count). The monoisotopic (exact) mass is 525 g/mol. The lowest BCUT2D eigenvalue weighted by Gasteiger charge is -2.35. The first-order valence-corrected chi connectivity index (χ1v) is 10.3.